The Balaban J connectivity index is 1.91. The molecular formula is C10H17N. The van der Waals surface area contributed by atoms with Crippen molar-refractivity contribution in [1.82, 2.24) is 0 Å². The standard InChI is InChI=1S/C10H17N/c1-7-2-4-9(7)10-5-3-8(10)6-11/h2,4,7-10H,3,5-6,11H2,1H3/t7-,8?,9?,10?/m0/s1. The Hall–Kier alpha value is -0.300. The van der Waals surface area contributed by atoms with Gasteiger partial charge in [-0.05, 0) is 43.1 Å². The van der Waals surface area contributed by atoms with E-state index in [2.05, 4.69) is 19.1 Å². The highest BCUT2D eigenvalue weighted by atomic mass is 14.6. The smallest absolute Gasteiger partial charge is 0.00460 e. The van der Waals surface area contributed by atoms with Crippen molar-refractivity contribution in [2.24, 2.45) is 29.4 Å². The van der Waals surface area contributed by atoms with Crippen molar-refractivity contribution in [1.29, 1.82) is 0 Å². The van der Waals surface area contributed by atoms with Crippen molar-refractivity contribution >= 4 is 0 Å². The molecule has 0 aromatic rings. The predicted octanol–water partition coefficient (Wildman–Crippen LogP) is 1.79. The molecule has 1 heteroatoms. The van der Waals surface area contributed by atoms with Crippen LogP contribution in [0.4, 0.5) is 0 Å². The SMILES string of the molecule is C[C@H]1C=CC1C1CCC1CN. The van der Waals surface area contributed by atoms with Gasteiger partial charge in [-0.15, -0.1) is 0 Å². The molecule has 2 aliphatic carbocycles. The van der Waals surface area contributed by atoms with Crippen LogP contribution in [0.2, 0.25) is 0 Å². The van der Waals surface area contributed by atoms with Crippen LogP contribution in [0.25, 0.3) is 0 Å². The molecule has 2 aliphatic rings. The summed E-state index contributed by atoms with van der Waals surface area (Å²) in [7, 11) is 0. The van der Waals surface area contributed by atoms with Crippen LogP contribution in [-0.2, 0) is 0 Å². The lowest BCUT2D eigenvalue weighted by molar-refractivity contribution is 0.104. The fraction of sp³-hybridized carbons (Fsp3) is 0.800. The molecule has 0 saturated heterocycles. The van der Waals surface area contributed by atoms with Gasteiger partial charge in [0.25, 0.3) is 0 Å². The summed E-state index contributed by atoms with van der Waals surface area (Å²) in [5.74, 6) is 3.47. The van der Waals surface area contributed by atoms with Crippen LogP contribution in [0.15, 0.2) is 12.2 Å². The van der Waals surface area contributed by atoms with Crippen LogP contribution >= 0.6 is 0 Å². The van der Waals surface area contributed by atoms with Crippen molar-refractivity contribution in [3.63, 3.8) is 0 Å². The summed E-state index contributed by atoms with van der Waals surface area (Å²) in [5, 5.41) is 0. The molecule has 0 aromatic heterocycles. The maximum atomic E-state index is 5.66. The number of hydrogen-bond acceptors (Lipinski definition) is 1. The van der Waals surface area contributed by atoms with Crippen LogP contribution in [-0.4, -0.2) is 6.54 Å². The van der Waals surface area contributed by atoms with Crippen molar-refractivity contribution in [2.45, 2.75) is 19.8 Å². The summed E-state index contributed by atoms with van der Waals surface area (Å²) in [6.07, 6.45) is 7.48. The molecule has 2 rings (SSSR count). The minimum atomic E-state index is 0.828. The van der Waals surface area contributed by atoms with E-state index < -0.39 is 0 Å². The zero-order valence-electron chi connectivity index (χ0n) is 7.16. The average molecular weight is 151 g/mol. The molecule has 1 nitrogen and oxygen atoms in total. The van der Waals surface area contributed by atoms with Gasteiger partial charge in [0.05, 0.1) is 0 Å². The highest BCUT2D eigenvalue weighted by molar-refractivity contribution is 5.11. The van der Waals surface area contributed by atoms with Crippen LogP contribution < -0.4 is 5.73 Å². The van der Waals surface area contributed by atoms with Gasteiger partial charge in [-0.3, -0.25) is 0 Å². The first-order valence-electron chi connectivity index (χ1n) is 4.71. The minimum absolute atomic E-state index is 0.828. The van der Waals surface area contributed by atoms with Gasteiger partial charge in [-0.25, -0.2) is 0 Å². The zero-order chi connectivity index (χ0) is 7.84. The predicted molar refractivity (Wildman–Crippen MR) is 47.1 cm³/mol. The number of rotatable bonds is 2. The Labute approximate surface area is 68.7 Å². The van der Waals surface area contributed by atoms with Gasteiger partial charge in [0.2, 0.25) is 0 Å². The Bertz CT molecular complexity index is 172. The topological polar surface area (TPSA) is 26.0 Å². The molecule has 1 saturated carbocycles. The van der Waals surface area contributed by atoms with Crippen molar-refractivity contribution in [3.05, 3.63) is 12.2 Å². The third kappa shape index (κ3) is 1.02. The molecule has 0 radical (unpaired) electrons. The highest BCUT2D eigenvalue weighted by Gasteiger charge is 2.38. The lowest BCUT2D eigenvalue weighted by Crippen LogP contribution is -2.40. The lowest BCUT2D eigenvalue weighted by Gasteiger charge is -2.45. The second-order valence-electron chi connectivity index (χ2n) is 4.06. The largest absolute Gasteiger partial charge is 0.330 e. The third-order valence-electron chi connectivity index (χ3n) is 3.52. The van der Waals surface area contributed by atoms with Gasteiger partial charge >= 0.3 is 0 Å². The van der Waals surface area contributed by atoms with Gasteiger partial charge in [-0.1, -0.05) is 19.1 Å². The molecule has 0 heterocycles. The lowest BCUT2D eigenvalue weighted by atomic mass is 9.61. The minimum Gasteiger partial charge on any atom is -0.330 e. The van der Waals surface area contributed by atoms with E-state index in [4.69, 9.17) is 5.73 Å². The summed E-state index contributed by atoms with van der Waals surface area (Å²) in [6.45, 7) is 3.22. The van der Waals surface area contributed by atoms with Gasteiger partial charge in [0, 0.05) is 0 Å². The van der Waals surface area contributed by atoms with Crippen LogP contribution in [0.5, 0.6) is 0 Å². The summed E-state index contributed by atoms with van der Waals surface area (Å²) >= 11 is 0. The number of allylic oxidation sites excluding steroid dienone is 2. The molecule has 3 unspecified atom stereocenters. The first kappa shape index (κ1) is 7.35. The molecular weight excluding hydrogens is 134 g/mol. The van der Waals surface area contributed by atoms with Crippen LogP contribution in [0.1, 0.15) is 19.8 Å². The second kappa shape index (κ2) is 2.63. The van der Waals surface area contributed by atoms with E-state index in [1.54, 1.807) is 0 Å². The molecule has 0 aliphatic heterocycles. The molecule has 0 bridgehead atoms. The molecule has 0 spiro atoms. The molecule has 1 fully saturated rings. The van der Waals surface area contributed by atoms with Crippen molar-refractivity contribution in [3.8, 4) is 0 Å². The maximum Gasteiger partial charge on any atom is -0.00460 e. The van der Waals surface area contributed by atoms with Crippen LogP contribution in [0.3, 0.4) is 0 Å². The molecule has 4 atom stereocenters. The number of hydrogen-bond donors (Lipinski definition) is 1. The highest BCUT2D eigenvalue weighted by Crippen LogP contribution is 2.46. The van der Waals surface area contributed by atoms with Crippen LogP contribution in [0, 0.1) is 23.7 Å². The Morgan fingerprint density at radius 3 is 2.45 bits per heavy atom. The van der Waals surface area contributed by atoms with E-state index in [1.807, 2.05) is 0 Å². The third-order valence-corrected chi connectivity index (χ3v) is 3.52. The Morgan fingerprint density at radius 1 is 1.36 bits per heavy atom. The molecule has 62 valence electrons. The fourth-order valence-corrected chi connectivity index (χ4v) is 2.39. The Morgan fingerprint density at radius 2 is 2.18 bits per heavy atom. The molecule has 2 N–H and O–H groups in total. The van der Waals surface area contributed by atoms with Gasteiger partial charge in [0.1, 0.15) is 0 Å². The molecule has 0 aromatic carbocycles. The second-order valence-corrected chi connectivity index (χ2v) is 4.06. The van der Waals surface area contributed by atoms with E-state index in [-0.39, 0.29) is 0 Å². The number of nitrogens with two attached hydrogens (primary N) is 1. The summed E-state index contributed by atoms with van der Waals surface area (Å²) in [5.41, 5.74) is 5.66. The first-order valence-corrected chi connectivity index (χ1v) is 4.71. The first-order chi connectivity index (χ1) is 5.33. The maximum absolute atomic E-state index is 5.66. The zero-order valence-corrected chi connectivity index (χ0v) is 7.16. The molecule has 0 amide bonds. The van der Waals surface area contributed by atoms with Gasteiger partial charge in [-0.2, -0.15) is 0 Å². The quantitative estimate of drug-likeness (QED) is 0.598. The average Bonchev–Trinajstić information content (AvgIpc) is 1.96. The van der Waals surface area contributed by atoms with Gasteiger partial charge < -0.3 is 5.73 Å². The van der Waals surface area contributed by atoms with E-state index in [0.29, 0.717) is 0 Å². The van der Waals surface area contributed by atoms with E-state index in [9.17, 15) is 0 Å². The fourth-order valence-electron chi connectivity index (χ4n) is 2.39. The van der Waals surface area contributed by atoms with E-state index in [0.717, 1.165) is 30.2 Å². The molecule has 11 heavy (non-hydrogen) atoms. The van der Waals surface area contributed by atoms with E-state index >= 15 is 0 Å². The van der Waals surface area contributed by atoms with Crippen molar-refractivity contribution < 1.29 is 0 Å². The van der Waals surface area contributed by atoms with Crippen molar-refractivity contribution in [2.75, 3.05) is 6.54 Å². The summed E-state index contributed by atoms with van der Waals surface area (Å²) in [6, 6.07) is 0. The summed E-state index contributed by atoms with van der Waals surface area (Å²) in [4.78, 5) is 0. The summed E-state index contributed by atoms with van der Waals surface area (Å²) < 4.78 is 0. The Kier molecular flexibility index (Phi) is 1.76. The monoisotopic (exact) mass is 151 g/mol. The van der Waals surface area contributed by atoms with E-state index in [1.165, 1.54) is 12.8 Å². The van der Waals surface area contributed by atoms with Gasteiger partial charge in [0.15, 0.2) is 0 Å². The normalized spacial score (nSPS) is 48.2.